The monoisotopic (exact) mass is 255 g/mol. The van der Waals surface area contributed by atoms with E-state index in [1.807, 2.05) is 0 Å². The average Bonchev–Trinajstić information content (AvgIpc) is 2.85. The Balaban J connectivity index is 1.65. The fourth-order valence-electron chi connectivity index (χ4n) is 2.30. The van der Waals surface area contributed by atoms with Crippen LogP contribution in [0.2, 0.25) is 0 Å². The molecule has 100 valence electrons. The van der Waals surface area contributed by atoms with Crippen LogP contribution in [-0.2, 0) is 0 Å². The molecule has 0 unspecified atom stereocenters. The van der Waals surface area contributed by atoms with Gasteiger partial charge in [0, 0.05) is 6.04 Å². The SMILES string of the molecule is Fc1cccc(F)c1OCCCNC1CCCC1. The molecular formula is C14H19F2NO. The Labute approximate surface area is 106 Å². The molecule has 1 saturated carbocycles. The predicted molar refractivity (Wildman–Crippen MR) is 66.7 cm³/mol. The molecule has 1 aliphatic rings. The van der Waals surface area contributed by atoms with E-state index >= 15 is 0 Å². The largest absolute Gasteiger partial charge is 0.488 e. The Bertz CT molecular complexity index is 358. The number of rotatable bonds is 6. The van der Waals surface area contributed by atoms with Gasteiger partial charge in [0.2, 0.25) is 0 Å². The van der Waals surface area contributed by atoms with E-state index < -0.39 is 11.6 Å². The standard InChI is InChI=1S/C14H19F2NO/c15-12-7-3-8-13(16)14(12)18-10-4-9-17-11-5-1-2-6-11/h3,7-8,11,17H,1-2,4-6,9-10H2. The van der Waals surface area contributed by atoms with Crippen molar-refractivity contribution in [2.24, 2.45) is 0 Å². The van der Waals surface area contributed by atoms with Crippen LogP contribution in [0.15, 0.2) is 18.2 Å². The van der Waals surface area contributed by atoms with E-state index in [1.54, 1.807) is 0 Å². The predicted octanol–water partition coefficient (Wildman–Crippen LogP) is 3.27. The molecule has 0 atom stereocenters. The molecule has 2 nitrogen and oxygen atoms in total. The molecule has 0 spiro atoms. The Morgan fingerprint density at radius 2 is 1.83 bits per heavy atom. The highest BCUT2D eigenvalue weighted by Gasteiger charge is 2.13. The van der Waals surface area contributed by atoms with Crippen molar-refractivity contribution in [3.63, 3.8) is 0 Å². The van der Waals surface area contributed by atoms with Crippen molar-refractivity contribution < 1.29 is 13.5 Å². The topological polar surface area (TPSA) is 21.3 Å². The van der Waals surface area contributed by atoms with E-state index in [0.717, 1.165) is 13.0 Å². The van der Waals surface area contributed by atoms with Crippen molar-refractivity contribution in [1.29, 1.82) is 0 Å². The molecule has 1 N–H and O–H groups in total. The molecule has 0 heterocycles. The number of nitrogens with one attached hydrogen (secondary N) is 1. The lowest BCUT2D eigenvalue weighted by Gasteiger charge is -2.12. The maximum atomic E-state index is 13.2. The third-order valence-electron chi connectivity index (χ3n) is 3.27. The van der Waals surface area contributed by atoms with Crippen molar-refractivity contribution in [2.75, 3.05) is 13.2 Å². The summed E-state index contributed by atoms with van der Waals surface area (Å²) in [5.74, 6) is -1.55. The van der Waals surface area contributed by atoms with Crippen molar-refractivity contribution in [2.45, 2.75) is 38.1 Å². The van der Waals surface area contributed by atoms with E-state index in [4.69, 9.17) is 4.74 Å². The van der Waals surface area contributed by atoms with Gasteiger partial charge in [0.1, 0.15) is 0 Å². The van der Waals surface area contributed by atoms with Crippen molar-refractivity contribution >= 4 is 0 Å². The quantitative estimate of drug-likeness (QED) is 0.788. The number of ether oxygens (including phenoxy) is 1. The van der Waals surface area contributed by atoms with E-state index in [0.29, 0.717) is 12.6 Å². The molecule has 1 aromatic carbocycles. The second-order valence-corrected chi connectivity index (χ2v) is 4.69. The summed E-state index contributed by atoms with van der Waals surface area (Å²) in [6.07, 6.45) is 5.83. The normalized spacial score (nSPS) is 16.1. The summed E-state index contributed by atoms with van der Waals surface area (Å²) in [7, 11) is 0. The zero-order chi connectivity index (χ0) is 12.8. The van der Waals surface area contributed by atoms with E-state index in [2.05, 4.69) is 5.32 Å². The first-order valence-electron chi connectivity index (χ1n) is 6.57. The van der Waals surface area contributed by atoms with Gasteiger partial charge in [-0.3, -0.25) is 0 Å². The molecule has 1 fully saturated rings. The Hall–Kier alpha value is -1.16. The van der Waals surface area contributed by atoms with Gasteiger partial charge in [-0.25, -0.2) is 8.78 Å². The fraction of sp³-hybridized carbons (Fsp3) is 0.571. The first-order chi connectivity index (χ1) is 8.77. The third kappa shape index (κ3) is 3.67. The van der Waals surface area contributed by atoms with Crippen molar-refractivity contribution in [1.82, 2.24) is 5.32 Å². The summed E-state index contributed by atoms with van der Waals surface area (Å²) < 4.78 is 31.6. The molecule has 0 amide bonds. The van der Waals surface area contributed by atoms with Gasteiger partial charge in [0.25, 0.3) is 0 Å². The van der Waals surface area contributed by atoms with Crippen LogP contribution in [0.4, 0.5) is 8.78 Å². The Kier molecular flexibility index (Phi) is 4.93. The highest BCUT2D eigenvalue weighted by molar-refractivity contribution is 5.25. The van der Waals surface area contributed by atoms with Crippen LogP contribution in [-0.4, -0.2) is 19.2 Å². The third-order valence-corrected chi connectivity index (χ3v) is 3.27. The zero-order valence-corrected chi connectivity index (χ0v) is 10.4. The van der Waals surface area contributed by atoms with Crippen LogP contribution in [0.25, 0.3) is 0 Å². The van der Waals surface area contributed by atoms with Crippen LogP contribution in [0.5, 0.6) is 5.75 Å². The van der Waals surface area contributed by atoms with Gasteiger partial charge in [0.05, 0.1) is 6.61 Å². The second-order valence-electron chi connectivity index (χ2n) is 4.69. The summed E-state index contributed by atoms with van der Waals surface area (Å²) in [6, 6.07) is 4.36. The molecule has 4 heteroatoms. The van der Waals surface area contributed by atoms with Gasteiger partial charge in [-0.15, -0.1) is 0 Å². The maximum Gasteiger partial charge on any atom is 0.190 e. The number of hydrogen-bond acceptors (Lipinski definition) is 2. The van der Waals surface area contributed by atoms with Gasteiger partial charge in [-0.1, -0.05) is 18.9 Å². The van der Waals surface area contributed by atoms with Crippen LogP contribution in [0.1, 0.15) is 32.1 Å². The Morgan fingerprint density at radius 3 is 2.50 bits per heavy atom. The second kappa shape index (κ2) is 6.69. The number of hydrogen-bond donors (Lipinski definition) is 1. The van der Waals surface area contributed by atoms with Crippen LogP contribution in [0.3, 0.4) is 0 Å². The minimum atomic E-state index is -0.640. The zero-order valence-electron chi connectivity index (χ0n) is 10.4. The highest BCUT2D eigenvalue weighted by Crippen LogP contribution is 2.21. The van der Waals surface area contributed by atoms with Gasteiger partial charge in [0.15, 0.2) is 17.4 Å². The first kappa shape index (κ1) is 13.3. The molecule has 1 aromatic rings. The number of halogens is 2. The molecular weight excluding hydrogens is 236 g/mol. The minimum absolute atomic E-state index is 0.265. The average molecular weight is 255 g/mol. The van der Waals surface area contributed by atoms with Gasteiger partial charge in [-0.2, -0.15) is 0 Å². The molecule has 0 bridgehead atoms. The van der Waals surface area contributed by atoms with E-state index in [1.165, 1.54) is 43.9 Å². The summed E-state index contributed by atoms with van der Waals surface area (Å²) in [5.41, 5.74) is 0. The molecule has 2 rings (SSSR count). The van der Waals surface area contributed by atoms with Crippen molar-refractivity contribution in [3.05, 3.63) is 29.8 Å². The smallest absolute Gasteiger partial charge is 0.190 e. The number of benzene rings is 1. The van der Waals surface area contributed by atoms with Crippen LogP contribution in [0, 0.1) is 11.6 Å². The summed E-state index contributed by atoms with van der Waals surface area (Å²) in [4.78, 5) is 0. The van der Waals surface area contributed by atoms with Crippen molar-refractivity contribution in [3.8, 4) is 5.75 Å². The number of para-hydroxylation sites is 1. The molecule has 0 aromatic heterocycles. The lowest BCUT2D eigenvalue weighted by atomic mass is 10.2. The highest BCUT2D eigenvalue weighted by atomic mass is 19.1. The summed E-state index contributed by atoms with van der Waals surface area (Å²) in [5, 5.41) is 3.43. The van der Waals surface area contributed by atoms with E-state index in [-0.39, 0.29) is 5.75 Å². The molecule has 18 heavy (non-hydrogen) atoms. The molecule has 0 radical (unpaired) electrons. The van der Waals surface area contributed by atoms with Gasteiger partial charge >= 0.3 is 0 Å². The lowest BCUT2D eigenvalue weighted by molar-refractivity contribution is 0.276. The van der Waals surface area contributed by atoms with Gasteiger partial charge < -0.3 is 10.1 Å². The summed E-state index contributed by atoms with van der Waals surface area (Å²) >= 11 is 0. The lowest BCUT2D eigenvalue weighted by Crippen LogP contribution is -2.27. The fourth-order valence-corrected chi connectivity index (χ4v) is 2.30. The van der Waals surface area contributed by atoms with Gasteiger partial charge in [-0.05, 0) is 37.9 Å². The maximum absolute atomic E-state index is 13.2. The first-order valence-corrected chi connectivity index (χ1v) is 6.57. The minimum Gasteiger partial charge on any atom is -0.488 e. The van der Waals surface area contributed by atoms with E-state index in [9.17, 15) is 8.78 Å². The molecule has 1 aliphatic carbocycles. The van der Waals surface area contributed by atoms with Crippen LogP contribution >= 0.6 is 0 Å². The Morgan fingerprint density at radius 1 is 1.17 bits per heavy atom. The van der Waals surface area contributed by atoms with Crippen LogP contribution < -0.4 is 10.1 Å². The molecule has 0 saturated heterocycles. The molecule has 0 aliphatic heterocycles. The summed E-state index contributed by atoms with van der Waals surface area (Å²) in [6.45, 7) is 1.16.